The molecular formula is C30H36N2O5S. The van der Waals surface area contributed by atoms with E-state index >= 15 is 0 Å². The van der Waals surface area contributed by atoms with Crippen molar-refractivity contribution in [1.82, 2.24) is 5.32 Å². The highest BCUT2D eigenvalue weighted by atomic mass is 32.2. The molecule has 0 fully saturated rings. The third-order valence-corrected chi connectivity index (χ3v) is 8.55. The fourth-order valence-electron chi connectivity index (χ4n) is 4.64. The predicted molar refractivity (Wildman–Crippen MR) is 149 cm³/mol. The Kier molecular flexibility index (Phi) is 7.74. The summed E-state index contributed by atoms with van der Waals surface area (Å²) in [6.07, 6.45) is 0.534. The molecule has 3 aromatic carbocycles. The maximum Gasteiger partial charge on any atom is 0.264 e. The number of benzene rings is 3. The van der Waals surface area contributed by atoms with Crippen molar-refractivity contribution < 1.29 is 22.7 Å². The van der Waals surface area contributed by atoms with E-state index in [1.54, 1.807) is 49.6 Å². The van der Waals surface area contributed by atoms with Crippen molar-refractivity contribution in [3.05, 3.63) is 83.4 Å². The average molecular weight is 537 g/mol. The number of nitrogens with zero attached hydrogens (tertiary/aromatic N) is 1. The van der Waals surface area contributed by atoms with Gasteiger partial charge in [-0.25, -0.2) is 8.42 Å². The highest BCUT2D eigenvalue weighted by molar-refractivity contribution is 7.92. The van der Waals surface area contributed by atoms with Crippen molar-refractivity contribution >= 4 is 21.6 Å². The Morgan fingerprint density at radius 3 is 2.34 bits per heavy atom. The maximum absolute atomic E-state index is 13.8. The molecule has 1 aliphatic heterocycles. The fraction of sp³-hybridized carbons (Fsp3) is 0.367. The number of fused-ring (bicyclic) bond motifs is 1. The molecular weight excluding hydrogens is 500 g/mol. The Morgan fingerprint density at radius 1 is 1.08 bits per heavy atom. The molecule has 3 aromatic rings. The van der Waals surface area contributed by atoms with Gasteiger partial charge in [0.1, 0.15) is 23.6 Å². The largest absolute Gasteiger partial charge is 0.497 e. The molecule has 8 heteroatoms. The van der Waals surface area contributed by atoms with Gasteiger partial charge >= 0.3 is 0 Å². The van der Waals surface area contributed by atoms with Gasteiger partial charge in [-0.1, -0.05) is 43.7 Å². The minimum absolute atomic E-state index is 0.133. The van der Waals surface area contributed by atoms with E-state index in [0.29, 0.717) is 29.5 Å². The van der Waals surface area contributed by atoms with Crippen LogP contribution in [0, 0.1) is 6.92 Å². The number of hydrogen-bond acceptors (Lipinski definition) is 5. The second-order valence-electron chi connectivity index (χ2n) is 10.7. The van der Waals surface area contributed by atoms with Crippen LogP contribution in [0.15, 0.2) is 71.6 Å². The Labute approximate surface area is 225 Å². The summed E-state index contributed by atoms with van der Waals surface area (Å²) in [6, 6.07) is 19.1. The van der Waals surface area contributed by atoms with Crippen molar-refractivity contribution in [2.24, 2.45) is 0 Å². The first-order valence-corrected chi connectivity index (χ1v) is 14.2. The van der Waals surface area contributed by atoms with Gasteiger partial charge in [0.05, 0.1) is 23.7 Å². The Morgan fingerprint density at radius 2 is 1.74 bits per heavy atom. The molecule has 1 atom stereocenters. The van der Waals surface area contributed by atoms with E-state index in [4.69, 9.17) is 9.47 Å². The van der Waals surface area contributed by atoms with Crippen molar-refractivity contribution in [3.8, 4) is 11.5 Å². The molecule has 38 heavy (non-hydrogen) atoms. The van der Waals surface area contributed by atoms with Gasteiger partial charge < -0.3 is 14.8 Å². The molecule has 202 valence electrons. The van der Waals surface area contributed by atoms with Gasteiger partial charge in [0.25, 0.3) is 10.0 Å². The third kappa shape index (κ3) is 5.96. The quantitative estimate of drug-likeness (QED) is 0.397. The first-order valence-electron chi connectivity index (χ1n) is 12.8. The van der Waals surface area contributed by atoms with E-state index < -0.39 is 21.5 Å². The topological polar surface area (TPSA) is 84.9 Å². The molecule has 7 nitrogen and oxygen atoms in total. The van der Waals surface area contributed by atoms with E-state index in [1.165, 1.54) is 4.31 Å². The Bertz CT molecular complexity index is 1400. The number of carbonyl (C=O) groups excluding carboxylic acids is 1. The zero-order valence-electron chi connectivity index (χ0n) is 22.8. The Hall–Kier alpha value is -3.52. The van der Waals surface area contributed by atoms with Crippen molar-refractivity contribution in [2.45, 2.75) is 63.5 Å². The number of aryl methyl sites for hydroxylation is 1. The minimum atomic E-state index is -4.00. The molecule has 0 saturated heterocycles. The summed E-state index contributed by atoms with van der Waals surface area (Å²) < 4.78 is 40.2. The lowest BCUT2D eigenvalue weighted by molar-refractivity contribution is -0.120. The molecule has 0 spiro atoms. The highest BCUT2D eigenvalue weighted by Gasteiger charge is 2.36. The van der Waals surface area contributed by atoms with Crippen LogP contribution in [0.5, 0.6) is 11.5 Å². The molecule has 0 aromatic heterocycles. The Balaban J connectivity index is 1.65. The molecule has 1 aliphatic rings. The van der Waals surface area contributed by atoms with Crippen LogP contribution in [0.3, 0.4) is 0 Å². The normalized spacial score (nSPS) is 16.3. The summed E-state index contributed by atoms with van der Waals surface area (Å²) in [5, 5.41) is 3.06. The van der Waals surface area contributed by atoms with Gasteiger partial charge in [-0.3, -0.25) is 9.10 Å². The monoisotopic (exact) mass is 536 g/mol. The van der Waals surface area contributed by atoms with Crippen molar-refractivity contribution in [2.75, 3.05) is 18.0 Å². The standard InChI is InChI=1S/C30H36N2O5S/c1-20(2)22-9-11-23(12-10-22)32(38(34,35)25-14-7-21(3)8-15-25)19-29(33)31-27-18-30(4,5)37-28-17-24(36-6)13-16-26(27)28/h7-17,20,27H,18-19H2,1-6H3,(H,31,33). The van der Waals surface area contributed by atoms with E-state index in [-0.39, 0.29) is 17.5 Å². The fourth-order valence-corrected chi connectivity index (χ4v) is 6.06. The smallest absolute Gasteiger partial charge is 0.264 e. The van der Waals surface area contributed by atoms with Crippen LogP contribution in [-0.4, -0.2) is 33.6 Å². The van der Waals surface area contributed by atoms with Crippen molar-refractivity contribution in [3.63, 3.8) is 0 Å². The SMILES string of the molecule is COc1ccc2c(c1)OC(C)(C)CC2NC(=O)CN(c1ccc(C(C)C)cc1)S(=O)(=O)c1ccc(C)cc1. The zero-order chi connectivity index (χ0) is 27.7. The summed E-state index contributed by atoms with van der Waals surface area (Å²) >= 11 is 0. The minimum Gasteiger partial charge on any atom is -0.497 e. The molecule has 1 heterocycles. The molecule has 0 aliphatic carbocycles. The second-order valence-corrected chi connectivity index (χ2v) is 12.5. The lowest BCUT2D eigenvalue weighted by atomic mass is 9.89. The number of carbonyl (C=O) groups is 1. The van der Waals surface area contributed by atoms with Crippen LogP contribution in [0.1, 0.15) is 62.8 Å². The molecule has 1 amide bonds. The van der Waals surface area contributed by atoms with E-state index in [1.807, 2.05) is 45.0 Å². The van der Waals surface area contributed by atoms with Gasteiger partial charge in [-0.05, 0) is 68.7 Å². The second kappa shape index (κ2) is 10.7. The predicted octanol–water partition coefficient (Wildman–Crippen LogP) is 5.74. The lowest BCUT2D eigenvalue weighted by Gasteiger charge is -2.38. The first kappa shape index (κ1) is 27.5. The van der Waals surface area contributed by atoms with Crippen LogP contribution in [-0.2, 0) is 14.8 Å². The van der Waals surface area contributed by atoms with Crippen LogP contribution >= 0.6 is 0 Å². The van der Waals surface area contributed by atoms with E-state index in [0.717, 1.165) is 16.7 Å². The molecule has 0 saturated carbocycles. The highest BCUT2D eigenvalue weighted by Crippen LogP contribution is 2.41. The van der Waals surface area contributed by atoms with Crippen LogP contribution < -0.4 is 19.1 Å². The summed E-state index contributed by atoms with van der Waals surface area (Å²) in [7, 11) is -2.41. The molecule has 4 rings (SSSR count). The number of methoxy groups -OCH3 is 1. The number of hydrogen-bond donors (Lipinski definition) is 1. The summed E-state index contributed by atoms with van der Waals surface area (Å²) in [4.78, 5) is 13.6. The zero-order valence-corrected chi connectivity index (χ0v) is 23.6. The summed E-state index contributed by atoms with van der Waals surface area (Å²) in [5.74, 6) is 1.19. The molecule has 0 bridgehead atoms. The van der Waals surface area contributed by atoms with Gasteiger partial charge in [-0.15, -0.1) is 0 Å². The van der Waals surface area contributed by atoms with Gasteiger partial charge in [0.15, 0.2) is 0 Å². The molecule has 0 radical (unpaired) electrons. The van der Waals surface area contributed by atoms with E-state index in [9.17, 15) is 13.2 Å². The van der Waals surface area contributed by atoms with Crippen LogP contribution in [0.4, 0.5) is 5.69 Å². The van der Waals surface area contributed by atoms with Gasteiger partial charge in [0.2, 0.25) is 5.91 Å². The maximum atomic E-state index is 13.8. The number of sulfonamides is 1. The average Bonchev–Trinajstić information content (AvgIpc) is 2.86. The number of rotatable bonds is 8. The number of anilines is 1. The number of nitrogens with one attached hydrogen (secondary N) is 1. The van der Waals surface area contributed by atoms with Crippen LogP contribution in [0.2, 0.25) is 0 Å². The van der Waals surface area contributed by atoms with E-state index in [2.05, 4.69) is 19.2 Å². The molecule has 1 unspecified atom stereocenters. The van der Waals surface area contributed by atoms with Crippen molar-refractivity contribution in [1.29, 1.82) is 0 Å². The third-order valence-electron chi connectivity index (χ3n) is 6.76. The molecule has 1 N–H and O–H groups in total. The lowest BCUT2D eigenvalue weighted by Crippen LogP contribution is -2.45. The van der Waals surface area contributed by atoms with Gasteiger partial charge in [-0.2, -0.15) is 0 Å². The summed E-state index contributed by atoms with van der Waals surface area (Å²) in [6.45, 7) is 9.60. The summed E-state index contributed by atoms with van der Waals surface area (Å²) in [5.41, 5.74) is 2.77. The van der Waals surface area contributed by atoms with Gasteiger partial charge in [0, 0.05) is 18.1 Å². The number of amides is 1. The first-order chi connectivity index (χ1) is 17.9. The number of ether oxygens (including phenoxy) is 2. The van der Waals surface area contributed by atoms with Crippen LogP contribution in [0.25, 0.3) is 0 Å².